The molecule has 2 aromatic carbocycles. The number of benzene rings is 2. The molecular formula is C15H14BrNO2. The van der Waals surface area contributed by atoms with Gasteiger partial charge in [0.2, 0.25) is 0 Å². The van der Waals surface area contributed by atoms with Crippen LogP contribution in [0.3, 0.4) is 0 Å². The third-order valence-electron chi connectivity index (χ3n) is 2.97. The van der Waals surface area contributed by atoms with Gasteiger partial charge in [-0.05, 0) is 36.4 Å². The van der Waals surface area contributed by atoms with E-state index in [0.29, 0.717) is 5.56 Å². The second kappa shape index (κ2) is 5.99. The van der Waals surface area contributed by atoms with Gasteiger partial charge in [0.25, 0.3) is 0 Å². The van der Waals surface area contributed by atoms with Crippen LogP contribution in [0.5, 0.6) is 0 Å². The van der Waals surface area contributed by atoms with Crippen molar-refractivity contribution in [1.82, 2.24) is 5.32 Å². The molecule has 0 saturated heterocycles. The summed E-state index contributed by atoms with van der Waals surface area (Å²) in [5.74, 6) is -0.913. The molecule has 0 heterocycles. The molecule has 0 aromatic heterocycles. The molecule has 2 N–H and O–H groups in total. The first kappa shape index (κ1) is 13.8. The zero-order valence-corrected chi connectivity index (χ0v) is 12.0. The summed E-state index contributed by atoms with van der Waals surface area (Å²) in [4.78, 5) is 11.0. The Balaban J connectivity index is 2.45. The van der Waals surface area contributed by atoms with E-state index in [9.17, 15) is 4.79 Å². The van der Waals surface area contributed by atoms with Gasteiger partial charge >= 0.3 is 5.97 Å². The lowest BCUT2D eigenvalue weighted by molar-refractivity contribution is 0.0696. The summed E-state index contributed by atoms with van der Waals surface area (Å²) >= 11 is 3.53. The third-order valence-corrected chi connectivity index (χ3v) is 3.69. The van der Waals surface area contributed by atoms with Crippen LogP contribution >= 0.6 is 15.9 Å². The van der Waals surface area contributed by atoms with Gasteiger partial charge in [0.15, 0.2) is 0 Å². The Morgan fingerprint density at radius 1 is 1.21 bits per heavy atom. The molecule has 0 fully saturated rings. The van der Waals surface area contributed by atoms with Gasteiger partial charge in [0.05, 0.1) is 11.6 Å². The van der Waals surface area contributed by atoms with Crippen molar-refractivity contribution in [2.45, 2.75) is 6.04 Å². The topological polar surface area (TPSA) is 49.3 Å². The molecule has 0 amide bonds. The van der Waals surface area contributed by atoms with Crippen molar-refractivity contribution < 1.29 is 9.90 Å². The fourth-order valence-electron chi connectivity index (χ4n) is 2.06. The molecule has 0 radical (unpaired) electrons. The molecule has 98 valence electrons. The first-order valence-electron chi connectivity index (χ1n) is 5.88. The summed E-state index contributed by atoms with van der Waals surface area (Å²) in [5.41, 5.74) is 2.30. The number of carbonyl (C=O) groups is 1. The molecule has 0 aliphatic carbocycles. The van der Waals surface area contributed by atoms with E-state index in [-0.39, 0.29) is 6.04 Å². The highest BCUT2D eigenvalue weighted by atomic mass is 79.9. The van der Waals surface area contributed by atoms with Gasteiger partial charge in [-0.25, -0.2) is 4.79 Å². The van der Waals surface area contributed by atoms with E-state index in [0.717, 1.165) is 15.6 Å². The van der Waals surface area contributed by atoms with Crippen LogP contribution < -0.4 is 5.32 Å². The van der Waals surface area contributed by atoms with Crippen molar-refractivity contribution in [1.29, 1.82) is 0 Å². The number of halogens is 1. The normalized spacial score (nSPS) is 12.1. The Hall–Kier alpha value is -1.65. The zero-order chi connectivity index (χ0) is 13.8. The van der Waals surface area contributed by atoms with Crippen molar-refractivity contribution in [3.63, 3.8) is 0 Å². The highest BCUT2D eigenvalue weighted by Gasteiger charge is 2.15. The number of nitrogens with one attached hydrogen (secondary N) is 1. The van der Waals surface area contributed by atoms with Crippen LogP contribution in [0.15, 0.2) is 53.0 Å². The van der Waals surface area contributed by atoms with Gasteiger partial charge in [0, 0.05) is 4.47 Å². The first-order valence-corrected chi connectivity index (χ1v) is 6.67. The molecule has 0 spiro atoms. The minimum absolute atomic E-state index is 0.0464. The van der Waals surface area contributed by atoms with E-state index in [1.54, 1.807) is 18.2 Å². The Morgan fingerprint density at radius 2 is 1.95 bits per heavy atom. The summed E-state index contributed by atoms with van der Waals surface area (Å²) in [6, 6.07) is 14.8. The summed E-state index contributed by atoms with van der Waals surface area (Å²) < 4.78 is 0.995. The average Bonchev–Trinajstić information content (AvgIpc) is 2.42. The summed E-state index contributed by atoms with van der Waals surface area (Å²) in [6.45, 7) is 0. The van der Waals surface area contributed by atoms with Crippen LogP contribution in [-0.2, 0) is 0 Å². The second-order valence-electron chi connectivity index (χ2n) is 4.17. The van der Waals surface area contributed by atoms with Gasteiger partial charge in [-0.1, -0.05) is 46.3 Å². The highest BCUT2D eigenvalue weighted by Crippen LogP contribution is 2.28. The molecule has 0 aliphatic rings. The van der Waals surface area contributed by atoms with E-state index in [1.165, 1.54) is 0 Å². The molecule has 19 heavy (non-hydrogen) atoms. The highest BCUT2D eigenvalue weighted by molar-refractivity contribution is 9.10. The SMILES string of the molecule is CNC(c1cccc(C(=O)O)c1)c1ccccc1Br. The smallest absolute Gasteiger partial charge is 0.335 e. The van der Waals surface area contributed by atoms with Crippen molar-refractivity contribution in [2.75, 3.05) is 7.05 Å². The number of aromatic carboxylic acids is 1. The third kappa shape index (κ3) is 3.03. The maximum atomic E-state index is 11.0. The molecule has 0 bridgehead atoms. The van der Waals surface area contributed by atoms with Gasteiger partial charge in [-0.2, -0.15) is 0 Å². The zero-order valence-electron chi connectivity index (χ0n) is 10.4. The van der Waals surface area contributed by atoms with Crippen molar-refractivity contribution in [3.05, 3.63) is 69.7 Å². The van der Waals surface area contributed by atoms with Crippen LogP contribution in [0.2, 0.25) is 0 Å². The fourth-order valence-corrected chi connectivity index (χ4v) is 2.58. The monoisotopic (exact) mass is 319 g/mol. The van der Waals surface area contributed by atoms with E-state index < -0.39 is 5.97 Å². The molecule has 3 nitrogen and oxygen atoms in total. The maximum absolute atomic E-state index is 11.0. The number of hydrogen-bond donors (Lipinski definition) is 2. The Kier molecular flexibility index (Phi) is 4.35. The summed E-state index contributed by atoms with van der Waals surface area (Å²) in [7, 11) is 1.86. The molecule has 0 aliphatic heterocycles. The van der Waals surface area contributed by atoms with Crippen molar-refractivity contribution >= 4 is 21.9 Å². The Labute approximate surface area is 120 Å². The Bertz CT molecular complexity index is 598. The number of carboxylic acid groups (broad SMARTS) is 1. The van der Waals surface area contributed by atoms with E-state index in [1.807, 2.05) is 37.4 Å². The van der Waals surface area contributed by atoms with Gasteiger partial charge in [0.1, 0.15) is 0 Å². The van der Waals surface area contributed by atoms with Crippen LogP contribution in [0, 0.1) is 0 Å². The average molecular weight is 320 g/mol. The standard InChI is InChI=1S/C15H14BrNO2/c1-17-14(12-7-2-3-8-13(12)16)10-5-4-6-11(9-10)15(18)19/h2-9,14,17H,1H3,(H,18,19). The lowest BCUT2D eigenvalue weighted by atomic mass is 9.97. The first-order chi connectivity index (χ1) is 9.13. The predicted molar refractivity (Wildman–Crippen MR) is 78.4 cm³/mol. The molecule has 4 heteroatoms. The molecular weight excluding hydrogens is 306 g/mol. The largest absolute Gasteiger partial charge is 0.478 e. The van der Waals surface area contributed by atoms with Crippen LogP contribution in [-0.4, -0.2) is 18.1 Å². The minimum Gasteiger partial charge on any atom is -0.478 e. The van der Waals surface area contributed by atoms with Gasteiger partial charge in [-0.15, -0.1) is 0 Å². The van der Waals surface area contributed by atoms with Crippen LogP contribution in [0.1, 0.15) is 27.5 Å². The number of hydrogen-bond acceptors (Lipinski definition) is 2. The van der Waals surface area contributed by atoms with Crippen molar-refractivity contribution in [2.24, 2.45) is 0 Å². The van der Waals surface area contributed by atoms with E-state index in [4.69, 9.17) is 5.11 Å². The Morgan fingerprint density at radius 3 is 2.58 bits per heavy atom. The van der Waals surface area contributed by atoms with Gasteiger partial charge < -0.3 is 10.4 Å². The van der Waals surface area contributed by atoms with Crippen LogP contribution in [0.4, 0.5) is 0 Å². The summed E-state index contributed by atoms with van der Waals surface area (Å²) in [6.07, 6.45) is 0. The quantitative estimate of drug-likeness (QED) is 0.907. The second-order valence-corrected chi connectivity index (χ2v) is 5.03. The number of carboxylic acids is 1. The lowest BCUT2D eigenvalue weighted by Gasteiger charge is -2.19. The van der Waals surface area contributed by atoms with E-state index >= 15 is 0 Å². The molecule has 1 unspecified atom stereocenters. The molecule has 0 saturated carbocycles. The van der Waals surface area contributed by atoms with Crippen molar-refractivity contribution in [3.8, 4) is 0 Å². The van der Waals surface area contributed by atoms with E-state index in [2.05, 4.69) is 21.2 Å². The maximum Gasteiger partial charge on any atom is 0.335 e. The number of rotatable bonds is 4. The van der Waals surface area contributed by atoms with Crippen LogP contribution in [0.25, 0.3) is 0 Å². The fraction of sp³-hybridized carbons (Fsp3) is 0.133. The predicted octanol–water partition coefficient (Wildman–Crippen LogP) is 3.46. The molecule has 2 rings (SSSR count). The summed E-state index contributed by atoms with van der Waals surface area (Å²) in [5, 5.41) is 12.3. The minimum atomic E-state index is -0.913. The molecule has 1 atom stereocenters. The molecule has 2 aromatic rings. The lowest BCUT2D eigenvalue weighted by Crippen LogP contribution is -2.18. The van der Waals surface area contributed by atoms with Gasteiger partial charge in [-0.3, -0.25) is 0 Å².